The molecule has 1 aromatic rings. The van der Waals surface area contributed by atoms with Crippen molar-refractivity contribution in [3.8, 4) is 0 Å². The van der Waals surface area contributed by atoms with Gasteiger partial charge in [-0.2, -0.15) is 0 Å². The number of nitrogen functional groups attached to an aromatic ring is 1. The smallest absolute Gasteiger partial charge is 0.308 e. The SMILES string of the molecule is CC(C)(C)C(=O)O.Nc1ccc(N2CCNCC2)nn1. The molecule has 0 radical (unpaired) electrons. The van der Waals surface area contributed by atoms with Gasteiger partial charge in [0.15, 0.2) is 5.82 Å². The van der Waals surface area contributed by atoms with E-state index in [-0.39, 0.29) is 0 Å². The van der Waals surface area contributed by atoms with Gasteiger partial charge in [-0.25, -0.2) is 0 Å². The fourth-order valence-corrected chi connectivity index (χ4v) is 1.40. The zero-order chi connectivity index (χ0) is 15.2. The van der Waals surface area contributed by atoms with Gasteiger partial charge in [-0.3, -0.25) is 4.79 Å². The number of nitrogens with zero attached hydrogens (tertiary/aromatic N) is 3. The van der Waals surface area contributed by atoms with Gasteiger partial charge in [0, 0.05) is 26.2 Å². The standard InChI is InChI=1S/C8H13N5.C5H10O2/c9-7-1-2-8(12-11-7)13-5-3-10-4-6-13;1-5(2,3)4(6)7/h1-2,10H,3-6H2,(H2,9,11);1-3H3,(H,6,7). The summed E-state index contributed by atoms with van der Waals surface area (Å²) in [5.41, 5.74) is 4.87. The molecule has 0 spiro atoms. The van der Waals surface area contributed by atoms with E-state index in [9.17, 15) is 4.79 Å². The maximum Gasteiger partial charge on any atom is 0.308 e. The summed E-state index contributed by atoms with van der Waals surface area (Å²) < 4.78 is 0. The number of carbonyl (C=O) groups is 1. The van der Waals surface area contributed by atoms with Crippen molar-refractivity contribution in [3.63, 3.8) is 0 Å². The number of hydrogen-bond acceptors (Lipinski definition) is 6. The van der Waals surface area contributed by atoms with Crippen LogP contribution in [0.15, 0.2) is 12.1 Å². The molecule has 0 amide bonds. The summed E-state index contributed by atoms with van der Waals surface area (Å²) in [6, 6.07) is 3.69. The number of piperazine rings is 1. The van der Waals surface area contributed by atoms with Gasteiger partial charge in [-0.15, -0.1) is 10.2 Å². The molecule has 0 aromatic carbocycles. The summed E-state index contributed by atoms with van der Waals surface area (Å²) in [5.74, 6) is 0.627. The lowest BCUT2D eigenvalue weighted by Crippen LogP contribution is -2.43. The highest BCUT2D eigenvalue weighted by atomic mass is 16.4. The molecular weight excluding hydrogens is 258 g/mol. The molecule has 4 N–H and O–H groups in total. The van der Waals surface area contributed by atoms with E-state index in [2.05, 4.69) is 20.4 Å². The lowest BCUT2D eigenvalue weighted by molar-refractivity contribution is -0.145. The molecule has 7 heteroatoms. The lowest BCUT2D eigenvalue weighted by Gasteiger charge is -2.27. The monoisotopic (exact) mass is 281 g/mol. The summed E-state index contributed by atoms with van der Waals surface area (Å²) in [7, 11) is 0. The Morgan fingerprint density at radius 2 is 1.85 bits per heavy atom. The molecule has 1 aromatic heterocycles. The van der Waals surface area contributed by atoms with Gasteiger partial charge in [0.05, 0.1) is 5.41 Å². The van der Waals surface area contributed by atoms with Crippen molar-refractivity contribution in [2.24, 2.45) is 5.41 Å². The van der Waals surface area contributed by atoms with Crippen LogP contribution in [0.3, 0.4) is 0 Å². The molecule has 112 valence electrons. The van der Waals surface area contributed by atoms with Crippen LogP contribution in [-0.4, -0.2) is 47.5 Å². The van der Waals surface area contributed by atoms with E-state index in [1.807, 2.05) is 6.07 Å². The van der Waals surface area contributed by atoms with Gasteiger partial charge in [0.1, 0.15) is 5.82 Å². The van der Waals surface area contributed by atoms with Crippen LogP contribution in [0.4, 0.5) is 11.6 Å². The number of rotatable bonds is 1. The second kappa shape index (κ2) is 7.04. The maximum atomic E-state index is 10.0. The van der Waals surface area contributed by atoms with Crippen LogP contribution in [0.5, 0.6) is 0 Å². The van der Waals surface area contributed by atoms with E-state index in [0.717, 1.165) is 32.0 Å². The van der Waals surface area contributed by atoms with Crippen molar-refractivity contribution >= 4 is 17.6 Å². The highest BCUT2D eigenvalue weighted by molar-refractivity contribution is 5.72. The quantitative estimate of drug-likeness (QED) is 0.691. The summed E-state index contributed by atoms with van der Waals surface area (Å²) in [6.45, 7) is 8.97. The largest absolute Gasteiger partial charge is 0.481 e. The van der Waals surface area contributed by atoms with Gasteiger partial charge >= 0.3 is 5.97 Å². The van der Waals surface area contributed by atoms with Crippen molar-refractivity contribution in [1.82, 2.24) is 15.5 Å². The minimum absolute atomic E-state index is 0.471. The third-order valence-electron chi connectivity index (χ3n) is 2.75. The highest BCUT2D eigenvalue weighted by Gasteiger charge is 2.18. The van der Waals surface area contributed by atoms with E-state index in [0.29, 0.717) is 5.82 Å². The van der Waals surface area contributed by atoms with Crippen LogP contribution in [-0.2, 0) is 4.79 Å². The maximum absolute atomic E-state index is 10.0. The minimum atomic E-state index is -0.757. The molecule has 0 unspecified atom stereocenters. The molecule has 1 fully saturated rings. The number of aliphatic carboxylic acids is 1. The van der Waals surface area contributed by atoms with Gasteiger partial charge in [0.25, 0.3) is 0 Å². The Bertz CT molecular complexity index is 421. The fraction of sp³-hybridized carbons (Fsp3) is 0.615. The molecule has 0 atom stereocenters. The number of carboxylic acid groups (broad SMARTS) is 1. The molecule has 2 heterocycles. The average Bonchev–Trinajstić information content (AvgIpc) is 2.40. The topological polar surface area (TPSA) is 104 Å². The minimum Gasteiger partial charge on any atom is -0.481 e. The van der Waals surface area contributed by atoms with Crippen LogP contribution in [0.25, 0.3) is 0 Å². The molecule has 1 aliphatic heterocycles. The molecule has 0 aliphatic carbocycles. The normalized spacial score (nSPS) is 15.2. The Morgan fingerprint density at radius 1 is 1.30 bits per heavy atom. The van der Waals surface area contributed by atoms with E-state index in [1.165, 1.54) is 0 Å². The predicted octanol–water partition coefficient (Wildman–Crippen LogP) is 0.586. The zero-order valence-electron chi connectivity index (χ0n) is 12.3. The fourth-order valence-electron chi connectivity index (χ4n) is 1.40. The number of nitrogens with two attached hydrogens (primary N) is 1. The first kappa shape index (κ1) is 16.2. The zero-order valence-corrected chi connectivity index (χ0v) is 12.3. The van der Waals surface area contributed by atoms with Gasteiger partial charge < -0.3 is 21.1 Å². The number of hydrogen-bond donors (Lipinski definition) is 3. The van der Waals surface area contributed by atoms with Crippen molar-refractivity contribution in [2.75, 3.05) is 36.8 Å². The van der Waals surface area contributed by atoms with Crippen LogP contribution >= 0.6 is 0 Å². The van der Waals surface area contributed by atoms with Crippen LogP contribution in [0.2, 0.25) is 0 Å². The van der Waals surface area contributed by atoms with E-state index < -0.39 is 11.4 Å². The Labute approximate surface area is 119 Å². The summed E-state index contributed by atoms with van der Waals surface area (Å²) in [6.07, 6.45) is 0. The van der Waals surface area contributed by atoms with Gasteiger partial charge in [-0.1, -0.05) is 0 Å². The molecule has 1 aliphatic rings. The highest BCUT2D eigenvalue weighted by Crippen LogP contribution is 2.11. The Kier molecular flexibility index (Phi) is 5.69. The summed E-state index contributed by atoms with van der Waals surface area (Å²) in [4.78, 5) is 12.2. The lowest BCUT2D eigenvalue weighted by atomic mass is 9.98. The second-order valence-corrected chi connectivity index (χ2v) is 5.61. The van der Waals surface area contributed by atoms with E-state index in [4.69, 9.17) is 10.8 Å². The van der Waals surface area contributed by atoms with Gasteiger partial charge in [0.2, 0.25) is 0 Å². The third kappa shape index (κ3) is 5.40. The number of nitrogens with one attached hydrogen (secondary N) is 1. The number of carboxylic acids is 1. The average molecular weight is 281 g/mol. The van der Waals surface area contributed by atoms with Crippen molar-refractivity contribution in [2.45, 2.75) is 20.8 Å². The molecule has 2 rings (SSSR count). The van der Waals surface area contributed by atoms with Crippen molar-refractivity contribution in [3.05, 3.63) is 12.1 Å². The van der Waals surface area contributed by atoms with E-state index in [1.54, 1.807) is 26.8 Å². The van der Waals surface area contributed by atoms with E-state index >= 15 is 0 Å². The number of anilines is 2. The van der Waals surface area contributed by atoms with Crippen molar-refractivity contribution < 1.29 is 9.90 Å². The Balaban J connectivity index is 0.000000246. The Hall–Kier alpha value is -1.89. The summed E-state index contributed by atoms with van der Waals surface area (Å²) >= 11 is 0. The molecule has 0 bridgehead atoms. The first-order valence-electron chi connectivity index (χ1n) is 6.59. The summed E-state index contributed by atoms with van der Waals surface area (Å²) in [5, 5.41) is 19.4. The number of aromatic nitrogens is 2. The molecule has 20 heavy (non-hydrogen) atoms. The van der Waals surface area contributed by atoms with Gasteiger partial charge in [-0.05, 0) is 32.9 Å². The second-order valence-electron chi connectivity index (χ2n) is 5.61. The molecular formula is C13H23N5O2. The first-order chi connectivity index (χ1) is 9.30. The van der Waals surface area contributed by atoms with Crippen LogP contribution < -0.4 is 16.0 Å². The first-order valence-corrected chi connectivity index (χ1v) is 6.59. The van der Waals surface area contributed by atoms with Crippen LogP contribution in [0, 0.1) is 5.41 Å². The van der Waals surface area contributed by atoms with Crippen molar-refractivity contribution in [1.29, 1.82) is 0 Å². The molecule has 0 saturated carbocycles. The van der Waals surface area contributed by atoms with Crippen LogP contribution in [0.1, 0.15) is 20.8 Å². The third-order valence-corrected chi connectivity index (χ3v) is 2.75. The predicted molar refractivity (Wildman–Crippen MR) is 78.6 cm³/mol. The molecule has 7 nitrogen and oxygen atoms in total. The molecule has 1 saturated heterocycles. The Morgan fingerprint density at radius 3 is 2.25 bits per heavy atom.